The molecule has 1 atom stereocenters. The first-order valence-corrected chi connectivity index (χ1v) is 36.7. The van der Waals surface area contributed by atoms with E-state index < -0.39 is 23.3 Å². The van der Waals surface area contributed by atoms with E-state index >= 15 is 0 Å². The third kappa shape index (κ3) is 37.8. The fourth-order valence-corrected chi connectivity index (χ4v) is 9.86. The Morgan fingerprint density at radius 2 is 0.874 bits per heavy atom. The van der Waals surface area contributed by atoms with Crippen LogP contribution in [0.4, 0.5) is 23.4 Å². The van der Waals surface area contributed by atoms with Crippen molar-refractivity contribution in [2.45, 2.75) is 78.7 Å². The van der Waals surface area contributed by atoms with Crippen LogP contribution in [-0.2, 0) is 60.3 Å². The van der Waals surface area contributed by atoms with Crippen molar-refractivity contribution < 1.29 is 27.6 Å². The molecule has 0 amide bonds. The molecule has 0 saturated carbocycles. The maximum Gasteiger partial charge on any atom is 0.217 e. The maximum atomic E-state index is 13.4. The van der Waals surface area contributed by atoms with Gasteiger partial charge in [0.2, 0.25) is 16.0 Å². The fourth-order valence-electron chi connectivity index (χ4n) is 7.81. The quantitative estimate of drug-likeness (QED) is 0.0364. The molecule has 12 aromatic rings. The smallest absolute Gasteiger partial charge is 0.217 e. The van der Waals surface area contributed by atoms with Gasteiger partial charge in [-0.15, -0.1) is 11.3 Å². The molecule has 27 heteroatoms. The van der Waals surface area contributed by atoms with Gasteiger partial charge in [-0.25, -0.2) is 18.7 Å². The summed E-state index contributed by atoms with van der Waals surface area (Å²) in [4.78, 5) is 42.1. The predicted octanol–water partition coefficient (Wildman–Crippen LogP) is 17.2. The average Bonchev–Trinajstić information content (AvgIpc) is 1.67. The van der Waals surface area contributed by atoms with Crippen molar-refractivity contribution >= 4 is 99.5 Å². The lowest BCUT2D eigenvalue weighted by molar-refractivity contribution is 0.0940. The number of aromatic nitrogens is 12. The largest absolute Gasteiger partial charge is 0.376 e. The topological polar surface area (TPSA) is 239 Å². The highest BCUT2D eigenvalue weighted by atomic mass is 79.9. The minimum atomic E-state index is -1.63. The summed E-state index contributed by atoms with van der Waals surface area (Å²) in [6, 6.07) is 52.3. The zero-order valence-corrected chi connectivity index (χ0v) is 66.2. The Bertz CT molecular complexity index is 3890. The number of thiocarbonyl (C=S) groups is 1. The fraction of sp³-hybridized carbons (Fsp3) is 0.276. The summed E-state index contributed by atoms with van der Waals surface area (Å²) in [7, 11) is 12.2. The highest BCUT2D eigenvalue weighted by molar-refractivity contribution is 9.10. The molecule has 19 nitrogen and oxygen atoms in total. The average molecular weight is 1590 g/mol. The van der Waals surface area contributed by atoms with Gasteiger partial charge in [-0.05, 0) is 95.0 Å². The van der Waals surface area contributed by atoms with Gasteiger partial charge in [0, 0.05) is 96.3 Å². The van der Waals surface area contributed by atoms with E-state index in [-0.39, 0.29) is 16.5 Å². The number of Topliss-reactive ketones (excluding diaryl/α,β-unsaturated/α-hetero) is 3. The van der Waals surface area contributed by atoms with Gasteiger partial charge >= 0.3 is 0 Å². The van der Waals surface area contributed by atoms with Crippen LogP contribution in [0.1, 0.15) is 98.4 Å². The van der Waals surface area contributed by atoms with E-state index in [2.05, 4.69) is 263 Å². The zero-order valence-electron chi connectivity index (χ0n) is 60.6. The van der Waals surface area contributed by atoms with Crippen LogP contribution >= 0.6 is 66.8 Å². The molecule has 0 radical (unpaired) electrons. The number of aromatic amines is 1. The summed E-state index contributed by atoms with van der Waals surface area (Å²) >= 11 is 12.6. The Hall–Kier alpha value is -9.54. The SMILES string of the molecule is CCc1ccccc1.CCc1ccccc1.CCc1ccccc1.CCc1ccccc1.CCc1ccccc1.CNC(N)=S.CNc1nc(-c2cn[nH]c2)c(C)s1.CNc1nc(-c2cnn(C)c2)c(F)s1.Cn1cc(C(=O)C(F)Br)cn1.Cn1cc(C(=O)CBr)cn1.Cn1cc(C(=O)CF)cn1. The first kappa shape index (κ1) is 89.5. The first-order valence-electron chi connectivity index (χ1n) is 32.6. The normalized spacial score (nSPS) is 9.88. The number of halogens is 5. The molecule has 0 aliphatic carbocycles. The zero-order chi connectivity index (χ0) is 76.3. The predicted molar refractivity (Wildman–Crippen MR) is 429 cm³/mol. The van der Waals surface area contributed by atoms with E-state index in [1.807, 2.05) is 43.6 Å². The summed E-state index contributed by atoms with van der Waals surface area (Å²) in [5.74, 6) is -1.06. The lowest BCUT2D eigenvalue weighted by atomic mass is 10.2. The lowest BCUT2D eigenvalue weighted by Crippen LogP contribution is -2.24. The second-order valence-corrected chi connectivity index (χ2v) is 25.2. The van der Waals surface area contributed by atoms with Crippen LogP contribution < -0.4 is 21.7 Å². The van der Waals surface area contributed by atoms with Crippen molar-refractivity contribution in [2.75, 3.05) is 43.8 Å². The third-order valence-corrected chi connectivity index (χ3v) is 16.5. The number of rotatable bonds is 15. The number of carbonyl (C=O) groups excluding carboxylic acids is 3. The minimum absolute atomic E-state index is 0.0631. The van der Waals surface area contributed by atoms with Gasteiger partial charge in [0.1, 0.15) is 5.69 Å². The molecule has 0 fully saturated rings. The molecular weight excluding hydrogens is 1500 g/mol. The number of anilines is 2. The van der Waals surface area contributed by atoms with Gasteiger partial charge in [0.25, 0.3) is 0 Å². The van der Waals surface area contributed by atoms with Crippen molar-refractivity contribution in [3.05, 3.63) is 268 Å². The van der Waals surface area contributed by atoms with Crippen LogP contribution in [0.25, 0.3) is 22.5 Å². The molecule has 1 unspecified atom stereocenters. The highest BCUT2D eigenvalue weighted by Gasteiger charge is 2.17. The van der Waals surface area contributed by atoms with Crippen molar-refractivity contribution in [3.63, 3.8) is 0 Å². The number of hydrogen-bond donors (Lipinski definition) is 5. The van der Waals surface area contributed by atoms with Crippen molar-refractivity contribution in [3.8, 4) is 22.5 Å². The molecule has 0 aliphatic heterocycles. The van der Waals surface area contributed by atoms with E-state index in [4.69, 9.17) is 5.73 Å². The Morgan fingerprint density at radius 1 is 0.534 bits per heavy atom. The summed E-state index contributed by atoms with van der Waals surface area (Å²) < 4.78 is 43.5. The van der Waals surface area contributed by atoms with Crippen LogP contribution in [0, 0.1) is 12.1 Å². The molecule has 550 valence electrons. The molecule has 7 heterocycles. The van der Waals surface area contributed by atoms with Gasteiger partial charge in [-0.2, -0.15) is 29.9 Å². The number of nitrogens with zero attached hydrogens (tertiary/aromatic N) is 11. The number of aryl methyl sites for hydroxylation is 10. The van der Waals surface area contributed by atoms with E-state index in [0.717, 1.165) is 59.8 Å². The summed E-state index contributed by atoms with van der Waals surface area (Å²) in [5.41, 5.74) is 16.3. The highest BCUT2D eigenvalue weighted by Crippen LogP contribution is 2.30. The molecule has 12 rings (SSSR count). The van der Waals surface area contributed by atoms with E-state index in [1.165, 1.54) is 66.8 Å². The van der Waals surface area contributed by atoms with Crippen molar-refractivity contribution in [1.82, 2.24) is 64.6 Å². The van der Waals surface area contributed by atoms with Gasteiger partial charge < -0.3 is 21.7 Å². The Kier molecular flexibility index (Phi) is 46.3. The number of carbonyl (C=O) groups is 3. The molecular formula is C76H95Br2F3N16O3S3. The molecule has 0 saturated heterocycles. The second-order valence-electron chi connectivity index (χ2n) is 21.3. The van der Waals surface area contributed by atoms with Crippen molar-refractivity contribution in [2.24, 2.45) is 33.9 Å². The molecule has 7 aromatic heterocycles. The van der Waals surface area contributed by atoms with Crippen molar-refractivity contribution in [1.29, 1.82) is 0 Å². The van der Waals surface area contributed by atoms with Crippen LogP contribution in [0.2, 0.25) is 0 Å². The number of benzene rings is 5. The van der Waals surface area contributed by atoms with Crippen LogP contribution in [0.15, 0.2) is 214 Å². The molecule has 5 aromatic carbocycles. The van der Waals surface area contributed by atoms with E-state index in [0.29, 0.717) is 38.0 Å². The van der Waals surface area contributed by atoms with E-state index in [9.17, 15) is 27.6 Å². The lowest BCUT2D eigenvalue weighted by Gasteiger charge is -1.93. The number of thiazole rings is 2. The summed E-state index contributed by atoms with van der Waals surface area (Å²) in [6.07, 6.45) is 21.5. The van der Waals surface area contributed by atoms with Gasteiger partial charge in [-0.3, -0.25) is 38.2 Å². The maximum absolute atomic E-state index is 13.4. The Morgan fingerprint density at radius 3 is 1.13 bits per heavy atom. The van der Waals surface area contributed by atoms with E-state index in [1.54, 1.807) is 94.0 Å². The number of ketones is 3. The molecule has 0 aliphatic rings. The van der Waals surface area contributed by atoms with Crippen LogP contribution in [0.3, 0.4) is 0 Å². The number of alkyl halides is 4. The Balaban J connectivity index is 0.000000388. The molecule has 0 spiro atoms. The number of hydrogen-bond acceptors (Lipinski definition) is 15. The summed E-state index contributed by atoms with van der Waals surface area (Å²) in [6.45, 7) is 11.9. The standard InChI is InChI=1S/C8H9FN4S.C8H10N4S.5C8H10.C6H6BrFN2O.C6H7BrN2O.C6H7FN2O.C2H6N2S/c1-10-8-12-6(7(9)14-8)5-3-11-13(2)4-5;1-5-7(6-3-10-11-4-6)12-8(9-2)13-5;5*1-2-8-6-4-3-5-7-8;1-10-3-4(2-9-10)5(11)6(7)8;2*1-9-4-5(3-8-9)6(10)2-7;1-4-2(3)5/h3-4H,1-2H3,(H,10,12);3-4H,1-2H3,(H,9,12)(H,10,11);5*3-7H,2H2,1H3;2-3,6H,1H3;2*3-4H,2H2,1H3;1H3,(H3,3,4,5). The monoisotopic (exact) mass is 1590 g/mol. The van der Waals surface area contributed by atoms with Crippen LogP contribution in [0.5, 0.6) is 0 Å². The summed E-state index contributed by atoms with van der Waals surface area (Å²) in [5, 5.41) is 30.6. The number of H-pyrrole nitrogens is 1. The number of nitrogens with two attached hydrogens (primary N) is 1. The first-order chi connectivity index (χ1) is 49.5. The Labute approximate surface area is 634 Å². The minimum Gasteiger partial charge on any atom is -0.376 e. The molecule has 103 heavy (non-hydrogen) atoms. The third-order valence-electron chi connectivity index (χ3n) is 13.5. The second kappa shape index (κ2) is 53.3. The van der Waals surface area contributed by atoms with Gasteiger partial charge in [-0.1, -0.05) is 214 Å². The van der Waals surface area contributed by atoms with Gasteiger partial charge in [0.05, 0.1) is 58.7 Å². The number of nitrogens with one attached hydrogen (secondary N) is 4. The molecule has 0 bridgehead atoms. The van der Waals surface area contributed by atoms with Crippen LogP contribution in [-0.4, -0.2) is 120 Å². The molecule has 6 N–H and O–H groups in total. The van der Waals surface area contributed by atoms with Gasteiger partial charge in [0.15, 0.2) is 33.6 Å².